The van der Waals surface area contributed by atoms with Crippen LogP contribution in [0.25, 0.3) is 0 Å². The topological polar surface area (TPSA) is 28.2 Å². The van der Waals surface area contributed by atoms with Gasteiger partial charge in [-0.05, 0) is 18.9 Å². The molecule has 0 saturated carbocycles. The van der Waals surface area contributed by atoms with Crippen molar-refractivity contribution in [1.29, 1.82) is 0 Å². The Morgan fingerprint density at radius 2 is 2.31 bits per heavy atom. The minimum Gasteiger partial charge on any atom is -0.366 e. The molecule has 3 heterocycles. The van der Waals surface area contributed by atoms with Gasteiger partial charge in [0.2, 0.25) is 0 Å². The van der Waals surface area contributed by atoms with Gasteiger partial charge in [0.05, 0.1) is 16.9 Å². The average molecular weight is 258 g/mol. The van der Waals surface area contributed by atoms with Gasteiger partial charge < -0.3 is 10.2 Å². The largest absolute Gasteiger partial charge is 0.366 e. The summed E-state index contributed by atoms with van der Waals surface area (Å²) in [6.45, 7) is 2.13. The lowest BCUT2D eigenvalue weighted by atomic mass is 10.0. The molecule has 0 radical (unpaired) electrons. The van der Waals surface area contributed by atoms with Gasteiger partial charge in [0, 0.05) is 25.2 Å². The zero-order valence-corrected chi connectivity index (χ0v) is 10.3. The molecule has 86 valence electrons. The van der Waals surface area contributed by atoms with E-state index in [1.54, 1.807) is 0 Å². The predicted molar refractivity (Wildman–Crippen MR) is 66.4 cm³/mol. The lowest BCUT2D eigenvalue weighted by molar-refractivity contribution is 0.490. The lowest BCUT2D eigenvalue weighted by Gasteiger charge is -2.34. The molecule has 2 saturated heterocycles. The van der Waals surface area contributed by atoms with Gasteiger partial charge in [0.15, 0.2) is 0 Å². The number of nitrogens with one attached hydrogen (secondary N) is 1. The van der Waals surface area contributed by atoms with Crippen molar-refractivity contribution in [2.24, 2.45) is 0 Å². The van der Waals surface area contributed by atoms with E-state index in [0.717, 1.165) is 18.8 Å². The molecule has 0 aliphatic carbocycles. The van der Waals surface area contributed by atoms with E-state index in [9.17, 15) is 0 Å². The van der Waals surface area contributed by atoms with Crippen molar-refractivity contribution < 1.29 is 0 Å². The second kappa shape index (κ2) is 4.06. The van der Waals surface area contributed by atoms with Crippen molar-refractivity contribution in [2.45, 2.75) is 24.9 Å². The fourth-order valence-corrected chi connectivity index (χ4v) is 2.90. The van der Waals surface area contributed by atoms with Crippen LogP contribution in [0.5, 0.6) is 0 Å². The summed E-state index contributed by atoms with van der Waals surface area (Å²) in [5.41, 5.74) is 1.08. The van der Waals surface area contributed by atoms with Gasteiger partial charge >= 0.3 is 0 Å². The lowest BCUT2D eigenvalue weighted by Crippen LogP contribution is -2.40. The second-order valence-corrected chi connectivity index (χ2v) is 5.21. The van der Waals surface area contributed by atoms with Crippen molar-refractivity contribution in [3.05, 3.63) is 22.4 Å². The molecule has 16 heavy (non-hydrogen) atoms. The van der Waals surface area contributed by atoms with Crippen LogP contribution in [0.15, 0.2) is 12.3 Å². The number of anilines is 1. The average Bonchev–Trinajstić information content (AvgIpc) is 2.65. The molecule has 2 aliphatic heterocycles. The Labute approximate surface area is 105 Å². The van der Waals surface area contributed by atoms with Crippen LogP contribution in [0.2, 0.25) is 10.2 Å². The number of pyridine rings is 1. The molecule has 0 unspecified atom stereocenters. The summed E-state index contributed by atoms with van der Waals surface area (Å²) in [5.74, 6) is 0. The summed E-state index contributed by atoms with van der Waals surface area (Å²) in [6, 6.07) is 3.20. The molecule has 2 fully saturated rings. The first-order valence-electron chi connectivity index (χ1n) is 5.55. The van der Waals surface area contributed by atoms with E-state index < -0.39 is 0 Å². The first kappa shape index (κ1) is 10.6. The highest BCUT2D eigenvalue weighted by molar-refractivity contribution is 6.41. The van der Waals surface area contributed by atoms with Crippen LogP contribution >= 0.6 is 23.2 Å². The number of fused-ring (bicyclic) bond motifs is 2. The third-order valence-electron chi connectivity index (χ3n) is 3.47. The quantitative estimate of drug-likeness (QED) is 0.783. The van der Waals surface area contributed by atoms with Crippen molar-refractivity contribution in [3.8, 4) is 0 Å². The van der Waals surface area contributed by atoms with Crippen LogP contribution < -0.4 is 10.2 Å². The first-order chi connectivity index (χ1) is 7.74. The van der Waals surface area contributed by atoms with Crippen molar-refractivity contribution in [3.63, 3.8) is 0 Å². The van der Waals surface area contributed by atoms with Crippen LogP contribution in [-0.2, 0) is 0 Å². The standard InChI is InChI=1S/C11H13Cl2N3/c12-10-4-9(6-15-11(10)13)16-2-1-7-3-8(16)5-14-7/h4,6-8,14H,1-3,5H2/t7-,8+/m0/s1. The number of hydrogen-bond donors (Lipinski definition) is 1. The Kier molecular flexibility index (Phi) is 2.70. The number of hydrogen-bond acceptors (Lipinski definition) is 3. The van der Waals surface area contributed by atoms with Gasteiger partial charge in [0.25, 0.3) is 0 Å². The van der Waals surface area contributed by atoms with Crippen LogP contribution in [0.3, 0.4) is 0 Å². The van der Waals surface area contributed by atoms with E-state index in [2.05, 4.69) is 15.2 Å². The molecule has 0 aromatic carbocycles. The van der Waals surface area contributed by atoms with Crippen molar-refractivity contribution in [2.75, 3.05) is 18.0 Å². The molecule has 5 heteroatoms. The summed E-state index contributed by atoms with van der Waals surface area (Å²) in [4.78, 5) is 6.49. The molecule has 0 amide bonds. The Morgan fingerprint density at radius 3 is 3.12 bits per heavy atom. The molecular weight excluding hydrogens is 245 g/mol. The molecule has 2 atom stereocenters. The van der Waals surface area contributed by atoms with E-state index >= 15 is 0 Å². The Hall–Kier alpha value is -0.510. The van der Waals surface area contributed by atoms with E-state index in [1.165, 1.54) is 12.8 Å². The number of halogens is 2. The second-order valence-electron chi connectivity index (χ2n) is 4.44. The minimum absolute atomic E-state index is 0.379. The van der Waals surface area contributed by atoms with E-state index in [1.807, 2.05) is 12.3 Å². The fourth-order valence-electron chi connectivity index (χ4n) is 2.64. The van der Waals surface area contributed by atoms with Crippen molar-refractivity contribution >= 4 is 28.9 Å². The van der Waals surface area contributed by atoms with Gasteiger partial charge in [-0.3, -0.25) is 0 Å². The first-order valence-corrected chi connectivity index (χ1v) is 6.30. The van der Waals surface area contributed by atoms with Gasteiger partial charge in [-0.1, -0.05) is 23.2 Å². The molecule has 3 nitrogen and oxygen atoms in total. The molecule has 2 bridgehead atoms. The molecule has 1 N–H and O–H groups in total. The molecule has 1 aromatic heterocycles. The zero-order valence-electron chi connectivity index (χ0n) is 8.79. The normalized spacial score (nSPS) is 28.5. The van der Waals surface area contributed by atoms with Crippen molar-refractivity contribution in [1.82, 2.24) is 10.3 Å². The maximum absolute atomic E-state index is 6.00. The van der Waals surface area contributed by atoms with Gasteiger partial charge in [-0.15, -0.1) is 0 Å². The van der Waals surface area contributed by atoms with Crippen LogP contribution in [0, 0.1) is 0 Å². The fraction of sp³-hybridized carbons (Fsp3) is 0.545. The summed E-state index contributed by atoms with van der Waals surface area (Å²) >= 11 is 11.8. The van der Waals surface area contributed by atoms with E-state index in [-0.39, 0.29) is 0 Å². The highest BCUT2D eigenvalue weighted by Gasteiger charge is 2.33. The number of aromatic nitrogens is 1. The predicted octanol–water partition coefficient (Wildman–Crippen LogP) is 2.33. The number of rotatable bonds is 1. The smallest absolute Gasteiger partial charge is 0.147 e. The summed E-state index contributed by atoms with van der Waals surface area (Å²) in [7, 11) is 0. The summed E-state index contributed by atoms with van der Waals surface area (Å²) in [5, 5.41) is 4.44. The van der Waals surface area contributed by atoms with Crippen LogP contribution in [0.1, 0.15) is 12.8 Å². The third kappa shape index (κ3) is 1.77. The number of piperidine rings is 1. The SMILES string of the molecule is Clc1cc(N2CC[C@H]3C[C@@H]2CN3)cnc1Cl. The van der Waals surface area contributed by atoms with Gasteiger partial charge in [0.1, 0.15) is 5.15 Å². The maximum Gasteiger partial charge on any atom is 0.147 e. The van der Waals surface area contributed by atoms with Crippen LogP contribution in [0.4, 0.5) is 5.69 Å². The molecule has 3 rings (SSSR count). The Bertz CT molecular complexity index is 410. The molecule has 0 spiro atoms. The molecule has 1 aromatic rings. The van der Waals surface area contributed by atoms with E-state index in [4.69, 9.17) is 23.2 Å². The Balaban J connectivity index is 1.88. The van der Waals surface area contributed by atoms with Gasteiger partial charge in [-0.2, -0.15) is 0 Å². The molecule has 2 aliphatic rings. The van der Waals surface area contributed by atoms with Crippen LogP contribution in [-0.4, -0.2) is 30.2 Å². The highest BCUT2D eigenvalue weighted by Crippen LogP contribution is 2.31. The summed E-state index contributed by atoms with van der Waals surface area (Å²) in [6.07, 6.45) is 4.23. The number of nitrogens with zero attached hydrogens (tertiary/aromatic N) is 2. The maximum atomic E-state index is 6.00. The third-order valence-corrected chi connectivity index (χ3v) is 4.16. The van der Waals surface area contributed by atoms with E-state index in [0.29, 0.717) is 22.3 Å². The summed E-state index contributed by atoms with van der Waals surface area (Å²) < 4.78 is 0. The Morgan fingerprint density at radius 1 is 1.44 bits per heavy atom. The van der Waals surface area contributed by atoms with Gasteiger partial charge in [-0.25, -0.2) is 4.98 Å². The highest BCUT2D eigenvalue weighted by atomic mass is 35.5. The minimum atomic E-state index is 0.379. The zero-order chi connectivity index (χ0) is 11.1. The monoisotopic (exact) mass is 257 g/mol. The molecular formula is C11H13Cl2N3.